The van der Waals surface area contributed by atoms with Crippen LogP contribution in [0.3, 0.4) is 0 Å². The molecule has 0 radical (unpaired) electrons. The fourth-order valence-corrected chi connectivity index (χ4v) is 5.93. The number of halogens is 4. The average Bonchev–Trinajstić information content (AvgIpc) is 3.93. The molecule has 1 aliphatic heterocycles. The number of pyridine rings is 1. The molecule has 2 fully saturated rings. The van der Waals surface area contributed by atoms with Crippen LogP contribution in [-0.4, -0.2) is 46.8 Å². The number of carbonyl (C=O) groups is 2. The van der Waals surface area contributed by atoms with E-state index in [9.17, 15) is 22.8 Å². The number of amides is 2. The van der Waals surface area contributed by atoms with Crippen LogP contribution in [0.25, 0.3) is 22.2 Å². The van der Waals surface area contributed by atoms with Crippen LogP contribution in [0.4, 0.5) is 17.6 Å². The molecule has 2 aromatic carbocycles. The molecule has 45 heavy (non-hydrogen) atoms. The second-order valence-corrected chi connectivity index (χ2v) is 12.2. The van der Waals surface area contributed by atoms with E-state index in [0.717, 1.165) is 25.0 Å². The fourth-order valence-electron chi connectivity index (χ4n) is 5.93. The second-order valence-electron chi connectivity index (χ2n) is 12.2. The van der Waals surface area contributed by atoms with Crippen molar-refractivity contribution < 1.29 is 36.6 Å². The molecular formula is C32H29F4N5O4. The Labute approximate surface area is 254 Å². The Hall–Kier alpha value is -4.68. The lowest BCUT2D eigenvalue weighted by atomic mass is 9.82. The maximum Gasteiger partial charge on any atom is 0.251 e. The monoisotopic (exact) mass is 623 g/mol. The third-order valence-corrected chi connectivity index (χ3v) is 9.11. The van der Waals surface area contributed by atoms with Crippen molar-refractivity contribution >= 4 is 22.7 Å². The Kier molecular flexibility index (Phi) is 6.57. The summed E-state index contributed by atoms with van der Waals surface area (Å²) in [6, 6.07) is 6.67. The Morgan fingerprint density at radius 1 is 1.18 bits per heavy atom. The number of aromatic nitrogens is 3. The smallest absolute Gasteiger partial charge is 0.251 e. The van der Waals surface area contributed by atoms with Crippen molar-refractivity contribution in [3.05, 3.63) is 70.8 Å². The molecule has 2 atom stereocenters. The van der Waals surface area contributed by atoms with Gasteiger partial charge in [-0.2, -0.15) is 5.10 Å². The predicted octanol–water partition coefficient (Wildman–Crippen LogP) is 5.00. The number of nitrogens with zero attached hydrogens (tertiary/aromatic N) is 3. The minimum absolute atomic E-state index is 0.0609. The van der Waals surface area contributed by atoms with Crippen molar-refractivity contribution in [3.8, 4) is 22.8 Å². The van der Waals surface area contributed by atoms with Crippen LogP contribution in [0.1, 0.15) is 60.1 Å². The van der Waals surface area contributed by atoms with E-state index >= 15 is 4.39 Å². The molecule has 2 aromatic heterocycles. The van der Waals surface area contributed by atoms with Crippen LogP contribution in [0.5, 0.6) is 11.5 Å². The van der Waals surface area contributed by atoms with E-state index < -0.39 is 40.5 Å². The van der Waals surface area contributed by atoms with Gasteiger partial charge in [0, 0.05) is 59.3 Å². The second kappa shape index (κ2) is 10.2. The van der Waals surface area contributed by atoms with Crippen LogP contribution in [0.2, 0.25) is 0 Å². The molecule has 4 aromatic rings. The van der Waals surface area contributed by atoms with Crippen LogP contribution >= 0.6 is 0 Å². The number of ether oxygens (including phenoxy) is 2. The standard InChI is InChI=1S/C32H29F4N5O4/c1-31(30(37)43)14-45-28-20(31)11-22(39-27(28)18-5-6-21(33)25(35)24(18)34)19(15-3-4-15)12-38-29(42)16-9-17-13-41(32(36)7-8-32)40-26(17)23(10-16)44-2/h5-6,9-11,13,15,19H,3-4,7-8,12,14H2,1-2H3,(H2,37,43)(H,38,42)/t19-,31-/m0/s1. The molecule has 9 nitrogen and oxygen atoms in total. The Balaban J connectivity index is 1.24. The molecule has 0 unspecified atom stereocenters. The van der Waals surface area contributed by atoms with E-state index in [1.807, 2.05) is 0 Å². The van der Waals surface area contributed by atoms with Crippen LogP contribution in [0.15, 0.2) is 36.5 Å². The zero-order valence-corrected chi connectivity index (χ0v) is 24.4. The summed E-state index contributed by atoms with van der Waals surface area (Å²) in [5.41, 5.74) is 5.52. The van der Waals surface area contributed by atoms with Crippen LogP contribution in [-0.2, 0) is 16.0 Å². The number of fused-ring (bicyclic) bond motifs is 2. The first-order valence-electron chi connectivity index (χ1n) is 14.6. The summed E-state index contributed by atoms with van der Waals surface area (Å²) >= 11 is 0. The predicted molar refractivity (Wildman–Crippen MR) is 154 cm³/mol. The van der Waals surface area contributed by atoms with Crippen LogP contribution in [0, 0.1) is 23.4 Å². The van der Waals surface area contributed by atoms with Gasteiger partial charge in [-0.25, -0.2) is 27.2 Å². The summed E-state index contributed by atoms with van der Waals surface area (Å²) in [7, 11) is 1.44. The van der Waals surface area contributed by atoms with Gasteiger partial charge in [-0.3, -0.25) is 9.59 Å². The fraction of sp³-hybridized carbons (Fsp3) is 0.375. The molecule has 0 bridgehead atoms. The number of hydrogen-bond acceptors (Lipinski definition) is 6. The lowest BCUT2D eigenvalue weighted by molar-refractivity contribution is -0.123. The maximum absolute atomic E-state index is 15.1. The number of hydrogen-bond donors (Lipinski definition) is 2. The van der Waals surface area contributed by atoms with Gasteiger partial charge in [0.1, 0.15) is 34.7 Å². The summed E-state index contributed by atoms with van der Waals surface area (Å²) in [5.74, 6) is -6.97. The number of benzene rings is 2. The molecule has 2 aliphatic carbocycles. The first-order chi connectivity index (χ1) is 21.4. The third-order valence-electron chi connectivity index (χ3n) is 9.11. The van der Waals surface area contributed by atoms with E-state index in [1.54, 1.807) is 25.3 Å². The first kappa shape index (κ1) is 29.1. The number of methoxy groups -OCH3 is 1. The minimum atomic E-state index is -1.66. The molecule has 0 saturated heterocycles. The zero-order chi connectivity index (χ0) is 31.8. The summed E-state index contributed by atoms with van der Waals surface area (Å²) in [6.07, 6.45) is 3.96. The maximum atomic E-state index is 15.1. The van der Waals surface area contributed by atoms with Gasteiger partial charge >= 0.3 is 0 Å². The van der Waals surface area contributed by atoms with Gasteiger partial charge in [0.05, 0.1) is 7.11 Å². The summed E-state index contributed by atoms with van der Waals surface area (Å²) in [4.78, 5) is 30.6. The Morgan fingerprint density at radius 3 is 2.60 bits per heavy atom. The molecule has 13 heteroatoms. The molecule has 2 saturated carbocycles. The van der Waals surface area contributed by atoms with Crippen molar-refractivity contribution in [3.63, 3.8) is 0 Å². The molecule has 3 aliphatic rings. The molecule has 7 rings (SSSR count). The highest BCUT2D eigenvalue weighted by Gasteiger charge is 2.47. The van der Waals surface area contributed by atoms with Gasteiger partial charge in [-0.15, -0.1) is 0 Å². The highest BCUT2D eigenvalue weighted by atomic mass is 19.2. The number of primary amides is 1. The first-order valence-corrected chi connectivity index (χ1v) is 14.6. The zero-order valence-electron chi connectivity index (χ0n) is 24.4. The molecule has 2 amide bonds. The van der Waals surface area contributed by atoms with Gasteiger partial charge < -0.3 is 20.5 Å². The van der Waals surface area contributed by atoms with E-state index in [4.69, 9.17) is 15.2 Å². The summed E-state index contributed by atoms with van der Waals surface area (Å²) in [5, 5.41) is 7.82. The van der Waals surface area contributed by atoms with E-state index in [0.29, 0.717) is 40.8 Å². The van der Waals surface area contributed by atoms with Crippen molar-refractivity contribution in [2.24, 2.45) is 11.7 Å². The Bertz CT molecular complexity index is 1900. The Morgan fingerprint density at radius 2 is 1.93 bits per heavy atom. The number of nitrogens with one attached hydrogen (secondary N) is 1. The number of carbonyl (C=O) groups excluding carboxylic acids is 2. The van der Waals surface area contributed by atoms with E-state index in [2.05, 4.69) is 15.4 Å². The van der Waals surface area contributed by atoms with E-state index in [-0.39, 0.29) is 47.6 Å². The topological polar surface area (TPSA) is 121 Å². The largest absolute Gasteiger partial charge is 0.494 e. The average molecular weight is 624 g/mol. The normalized spacial score (nSPS) is 20.4. The van der Waals surface area contributed by atoms with Crippen molar-refractivity contribution in [2.45, 2.75) is 49.7 Å². The molecular weight excluding hydrogens is 594 g/mol. The van der Waals surface area contributed by atoms with Gasteiger partial charge in [0.15, 0.2) is 17.5 Å². The SMILES string of the molecule is COc1cc(C(=O)NC[C@H](c2cc3c(c(-c4ccc(F)c(F)c4F)n2)OC[C@]3(C)C(N)=O)C2CC2)cc2cn(C3(F)CC3)nc12. The number of alkyl halides is 1. The third kappa shape index (κ3) is 4.75. The summed E-state index contributed by atoms with van der Waals surface area (Å²) < 4.78 is 70.4. The number of rotatable bonds is 9. The van der Waals surface area contributed by atoms with Crippen LogP contribution < -0.4 is 20.5 Å². The molecule has 234 valence electrons. The van der Waals surface area contributed by atoms with Crippen molar-refractivity contribution in [1.29, 1.82) is 0 Å². The number of nitrogens with two attached hydrogens (primary N) is 1. The minimum Gasteiger partial charge on any atom is -0.494 e. The lowest BCUT2D eigenvalue weighted by Crippen LogP contribution is -2.40. The van der Waals surface area contributed by atoms with E-state index in [1.165, 1.54) is 17.9 Å². The molecule has 3 N–H and O–H groups in total. The highest BCUT2D eigenvalue weighted by Crippen LogP contribution is 2.49. The van der Waals surface area contributed by atoms with Gasteiger partial charge in [-0.1, -0.05) is 0 Å². The lowest BCUT2D eigenvalue weighted by Gasteiger charge is -2.22. The van der Waals surface area contributed by atoms with Crippen molar-refractivity contribution in [2.75, 3.05) is 20.3 Å². The summed E-state index contributed by atoms with van der Waals surface area (Å²) in [6.45, 7) is 1.57. The van der Waals surface area contributed by atoms with Gasteiger partial charge in [0.2, 0.25) is 11.7 Å². The highest BCUT2D eigenvalue weighted by molar-refractivity contribution is 6.00. The molecule has 3 heterocycles. The van der Waals surface area contributed by atoms with Crippen molar-refractivity contribution in [1.82, 2.24) is 20.1 Å². The quantitative estimate of drug-likeness (QED) is 0.200. The molecule has 0 spiro atoms. The van der Waals surface area contributed by atoms with Gasteiger partial charge in [-0.05, 0) is 56.0 Å². The van der Waals surface area contributed by atoms with Gasteiger partial charge in [0.25, 0.3) is 5.91 Å².